The Morgan fingerprint density at radius 1 is 1.19 bits per heavy atom. The molecule has 0 radical (unpaired) electrons. The molecule has 1 saturated heterocycles. The minimum atomic E-state index is 0.668. The lowest BCUT2D eigenvalue weighted by Crippen LogP contribution is -2.17. The molecule has 1 aromatic rings. The van der Waals surface area contributed by atoms with E-state index in [4.69, 9.17) is 0 Å². The quantitative estimate of drug-likeness (QED) is 0.568. The molecule has 2 heteroatoms. The van der Waals surface area contributed by atoms with Crippen LogP contribution in [0.3, 0.4) is 0 Å². The van der Waals surface area contributed by atoms with Gasteiger partial charge in [0.1, 0.15) is 11.6 Å². The molecule has 1 fully saturated rings. The van der Waals surface area contributed by atoms with Crippen LogP contribution in [0.15, 0.2) is 42.1 Å². The number of rotatable bonds is 3. The van der Waals surface area contributed by atoms with Gasteiger partial charge in [-0.3, -0.25) is 0 Å². The van der Waals surface area contributed by atoms with Crippen LogP contribution in [0.2, 0.25) is 0 Å². The number of nitrogens with zero attached hydrogens (tertiary/aromatic N) is 1. The summed E-state index contributed by atoms with van der Waals surface area (Å²) in [6, 6.07) is 9.99. The first kappa shape index (κ1) is 10.7. The number of hydrogen-bond acceptors (Lipinski definition) is 2. The second-order valence-electron chi connectivity index (χ2n) is 3.93. The Morgan fingerprint density at radius 3 is 2.50 bits per heavy atom. The molecule has 0 N–H and O–H groups in total. The minimum Gasteiger partial charge on any atom is -0.363 e. The van der Waals surface area contributed by atoms with Crippen molar-refractivity contribution < 1.29 is 4.79 Å². The molecular weight excluding hydrogens is 198 g/mol. The predicted molar refractivity (Wildman–Crippen MR) is 65.5 cm³/mol. The van der Waals surface area contributed by atoms with Gasteiger partial charge in [0.05, 0.1) is 0 Å². The molecule has 0 spiro atoms. The van der Waals surface area contributed by atoms with Crippen LogP contribution in [0.25, 0.3) is 6.08 Å². The van der Waals surface area contributed by atoms with Crippen LogP contribution >= 0.6 is 0 Å². The van der Waals surface area contributed by atoms with Crippen molar-refractivity contribution in [1.82, 2.24) is 4.90 Å². The highest BCUT2D eigenvalue weighted by Crippen LogP contribution is 2.14. The van der Waals surface area contributed by atoms with Crippen molar-refractivity contribution in [2.24, 2.45) is 0 Å². The van der Waals surface area contributed by atoms with Gasteiger partial charge in [0.25, 0.3) is 0 Å². The van der Waals surface area contributed by atoms with E-state index in [2.05, 4.69) is 4.90 Å². The molecule has 0 atom stereocenters. The number of allylic oxidation sites excluding steroid dienone is 1. The number of hydrogen-bond donors (Lipinski definition) is 0. The maximum absolute atomic E-state index is 10.9. The predicted octanol–water partition coefficient (Wildman–Crippen LogP) is 2.51. The summed E-state index contributed by atoms with van der Waals surface area (Å²) in [4.78, 5) is 12.9. The second-order valence-corrected chi connectivity index (χ2v) is 3.93. The zero-order chi connectivity index (χ0) is 11.2. The summed E-state index contributed by atoms with van der Waals surface area (Å²) in [6.45, 7) is 1.95. The smallest absolute Gasteiger partial charge is 0.150 e. The van der Waals surface area contributed by atoms with Crippen LogP contribution in [0.1, 0.15) is 18.4 Å². The zero-order valence-corrected chi connectivity index (χ0v) is 9.23. The van der Waals surface area contributed by atoms with Gasteiger partial charge in [-0.2, -0.15) is 0 Å². The summed E-state index contributed by atoms with van der Waals surface area (Å²) >= 11 is 0. The Hall–Kier alpha value is -1.79. The Balaban J connectivity index is 2.07. The van der Waals surface area contributed by atoms with Gasteiger partial charge in [-0.15, -0.1) is 0 Å². The van der Waals surface area contributed by atoms with Crippen LogP contribution in [-0.4, -0.2) is 23.9 Å². The standard InChI is InChI=1S/C14H15NO/c16-12-14(15-10-4-5-11-15)9-8-13-6-2-1-3-7-13/h1-3,6-9H,4-5,10-11H2/b9-8+. The fourth-order valence-corrected chi connectivity index (χ4v) is 1.90. The second kappa shape index (κ2) is 5.34. The summed E-state index contributed by atoms with van der Waals surface area (Å²) in [6.07, 6.45) is 6.15. The molecule has 1 aromatic carbocycles. The maximum Gasteiger partial charge on any atom is 0.150 e. The lowest BCUT2D eigenvalue weighted by molar-refractivity contribution is 0.440. The van der Waals surface area contributed by atoms with Crippen molar-refractivity contribution in [2.75, 3.05) is 13.1 Å². The van der Waals surface area contributed by atoms with E-state index in [0.29, 0.717) is 5.70 Å². The summed E-state index contributed by atoms with van der Waals surface area (Å²) < 4.78 is 0. The highest BCUT2D eigenvalue weighted by molar-refractivity contribution is 5.62. The van der Waals surface area contributed by atoms with Gasteiger partial charge in [-0.05, 0) is 24.5 Å². The number of likely N-dealkylation sites (tertiary alicyclic amines) is 1. The average molecular weight is 213 g/mol. The first-order chi connectivity index (χ1) is 7.90. The molecule has 0 amide bonds. The van der Waals surface area contributed by atoms with E-state index in [9.17, 15) is 4.79 Å². The SMILES string of the molecule is O=C=C(/C=C/c1ccccc1)N1CCCC1. The van der Waals surface area contributed by atoms with Gasteiger partial charge < -0.3 is 4.90 Å². The topological polar surface area (TPSA) is 20.3 Å². The van der Waals surface area contributed by atoms with E-state index >= 15 is 0 Å². The van der Waals surface area contributed by atoms with Gasteiger partial charge in [0, 0.05) is 13.1 Å². The van der Waals surface area contributed by atoms with Crippen molar-refractivity contribution in [3.8, 4) is 0 Å². The minimum absolute atomic E-state index is 0.668. The average Bonchev–Trinajstić information content (AvgIpc) is 2.85. The van der Waals surface area contributed by atoms with Crippen LogP contribution < -0.4 is 0 Å². The molecule has 2 nitrogen and oxygen atoms in total. The Kier molecular flexibility index (Phi) is 3.58. The van der Waals surface area contributed by atoms with E-state index in [1.165, 1.54) is 12.8 Å². The monoisotopic (exact) mass is 213 g/mol. The summed E-state index contributed by atoms with van der Waals surface area (Å²) in [5, 5.41) is 0. The molecule has 16 heavy (non-hydrogen) atoms. The van der Waals surface area contributed by atoms with Gasteiger partial charge in [-0.25, -0.2) is 4.79 Å². The first-order valence-electron chi connectivity index (χ1n) is 5.63. The van der Waals surface area contributed by atoms with Gasteiger partial charge in [0.2, 0.25) is 0 Å². The van der Waals surface area contributed by atoms with Crippen LogP contribution in [0, 0.1) is 0 Å². The van der Waals surface area contributed by atoms with Crippen molar-refractivity contribution in [3.63, 3.8) is 0 Å². The number of carbonyl (C=O) groups excluding carboxylic acids is 1. The van der Waals surface area contributed by atoms with E-state index in [1.54, 1.807) is 0 Å². The van der Waals surface area contributed by atoms with Crippen molar-refractivity contribution in [2.45, 2.75) is 12.8 Å². The van der Waals surface area contributed by atoms with Gasteiger partial charge >= 0.3 is 0 Å². The van der Waals surface area contributed by atoms with E-state index in [0.717, 1.165) is 18.7 Å². The third kappa shape index (κ3) is 2.62. The Labute approximate surface area is 95.9 Å². The molecule has 0 saturated carbocycles. The normalized spacial score (nSPS) is 15.4. The fourth-order valence-electron chi connectivity index (χ4n) is 1.90. The van der Waals surface area contributed by atoms with Crippen LogP contribution in [0.4, 0.5) is 0 Å². The molecular formula is C14H15NO. The lowest BCUT2D eigenvalue weighted by Gasteiger charge is -2.14. The van der Waals surface area contributed by atoms with Gasteiger partial charge in [0.15, 0.2) is 0 Å². The summed E-state index contributed by atoms with van der Waals surface area (Å²) in [5.41, 5.74) is 1.77. The van der Waals surface area contributed by atoms with Crippen molar-refractivity contribution in [3.05, 3.63) is 47.7 Å². The first-order valence-corrected chi connectivity index (χ1v) is 5.63. The van der Waals surface area contributed by atoms with Crippen LogP contribution in [0.5, 0.6) is 0 Å². The summed E-state index contributed by atoms with van der Waals surface area (Å²) in [7, 11) is 0. The fraction of sp³-hybridized carbons (Fsp3) is 0.286. The highest BCUT2D eigenvalue weighted by Gasteiger charge is 2.13. The molecule has 0 unspecified atom stereocenters. The third-order valence-corrected chi connectivity index (χ3v) is 2.78. The molecule has 2 rings (SSSR count). The van der Waals surface area contributed by atoms with E-state index in [-0.39, 0.29) is 0 Å². The summed E-state index contributed by atoms with van der Waals surface area (Å²) in [5.74, 6) is 2.02. The molecule has 0 aliphatic carbocycles. The largest absolute Gasteiger partial charge is 0.363 e. The molecule has 1 aliphatic rings. The molecule has 1 aliphatic heterocycles. The highest BCUT2D eigenvalue weighted by atomic mass is 16.1. The molecule has 0 bridgehead atoms. The lowest BCUT2D eigenvalue weighted by atomic mass is 10.2. The van der Waals surface area contributed by atoms with Gasteiger partial charge in [-0.1, -0.05) is 36.4 Å². The van der Waals surface area contributed by atoms with Crippen molar-refractivity contribution in [1.29, 1.82) is 0 Å². The Morgan fingerprint density at radius 2 is 1.88 bits per heavy atom. The Bertz CT molecular complexity index is 410. The number of benzene rings is 1. The van der Waals surface area contributed by atoms with Crippen molar-refractivity contribution >= 4 is 12.0 Å². The van der Waals surface area contributed by atoms with E-state index in [1.807, 2.05) is 48.4 Å². The zero-order valence-electron chi connectivity index (χ0n) is 9.23. The molecule has 0 aromatic heterocycles. The molecule has 1 heterocycles. The van der Waals surface area contributed by atoms with E-state index < -0.39 is 0 Å². The third-order valence-electron chi connectivity index (χ3n) is 2.78. The van der Waals surface area contributed by atoms with Crippen LogP contribution in [-0.2, 0) is 4.79 Å². The maximum atomic E-state index is 10.9. The molecule has 82 valence electrons.